The molecule has 0 amide bonds. The second kappa shape index (κ2) is 6.69. The van der Waals surface area contributed by atoms with E-state index in [1.807, 2.05) is 25.1 Å². The third-order valence-corrected chi connectivity index (χ3v) is 3.73. The first-order valence-corrected chi connectivity index (χ1v) is 7.14. The minimum absolute atomic E-state index is 0.264. The number of Topliss-reactive ketones (excluding diaryl/α,β-unsaturated/α-hetero) is 1. The van der Waals surface area contributed by atoms with E-state index >= 15 is 0 Å². The second-order valence-corrected chi connectivity index (χ2v) is 5.12. The molecule has 0 saturated carbocycles. The van der Waals surface area contributed by atoms with Crippen molar-refractivity contribution in [1.29, 1.82) is 0 Å². The van der Waals surface area contributed by atoms with Gasteiger partial charge in [-0.25, -0.2) is 0 Å². The maximum atomic E-state index is 11.9. The monoisotopic (exact) mass is 245 g/mol. The Morgan fingerprint density at radius 2 is 1.78 bits per heavy atom. The van der Waals surface area contributed by atoms with Gasteiger partial charge in [-0.2, -0.15) is 0 Å². The Morgan fingerprint density at radius 1 is 1.11 bits per heavy atom. The zero-order valence-electron chi connectivity index (χ0n) is 11.3. The number of rotatable bonds is 4. The van der Waals surface area contributed by atoms with Crippen molar-refractivity contribution < 1.29 is 4.79 Å². The average Bonchev–Trinajstić information content (AvgIpc) is 2.67. The number of carbonyl (C=O) groups is 1. The minimum atomic E-state index is 0.264. The summed E-state index contributed by atoms with van der Waals surface area (Å²) in [5.41, 5.74) is 2.12. The van der Waals surface area contributed by atoms with Gasteiger partial charge in [-0.1, -0.05) is 44.0 Å². The van der Waals surface area contributed by atoms with Crippen molar-refractivity contribution >= 4 is 5.78 Å². The van der Waals surface area contributed by atoms with Crippen LogP contribution in [-0.4, -0.2) is 23.8 Å². The van der Waals surface area contributed by atoms with Gasteiger partial charge in [0.25, 0.3) is 0 Å². The van der Waals surface area contributed by atoms with Gasteiger partial charge in [-0.3, -0.25) is 9.69 Å². The number of ketones is 1. The maximum Gasteiger partial charge on any atom is 0.162 e. The van der Waals surface area contributed by atoms with Gasteiger partial charge in [0.1, 0.15) is 0 Å². The first-order chi connectivity index (χ1) is 8.81. The first kappa shape index (κ1) is 13.3. The minimum Gasteiger partial charge on any atom is -0.299 e. The molecule has 2 heteroatoms. The Kier molecular flexibility index (Phi) is 4.94. The lowest BCUT2D eigenvalue weighted by Gasteiger charge is -2.21. The van der Waals surface area contributed by atoms with Gasteiger partial charge in [-0.15, -0.1) is 0 Å². The molecule has 2 nitrogen and oxygen atoms in total. The van der Waals surface area contributed by atoms with E-state index in [9.17, 15) is 4.79 Å². The Balaban J connectivity index is 2.10. The number of likely N-dealkylation sites (tertiary alicyclic amines) is 1. The summed E-state index contributed by atoms with van der Waals surface area (Å²) in [4.78, 5) is 14.4. The lowest BCUT2D eigenvalue weighted by Crippen LogP contribution is -2.25. The van der Waals surface area contributed by atoms with Crippen molar-refractivity contribution in [1.82, 2.24) is 4.90 Å². The van der Waals surface area contributed by atoms with Gasteiger partial charge in [-0.05, 0) is 31.5 Å². The fourth-order valence-corrected chi connectivity index (χ4v) is 2.66. The lowest BCUT2D eigenvalue weighted by atomic mass is 10.0. The molecule has 0 bridgehead atoms. The number of benzene rings is 1. The highest BCUT2D eigenvalue weighted by molar-refractivity contribution is 5.97. The quantitative estimate of drug-likeness (QED) is 0.755. The molecule has 1 aromatic rings. The molecular weight excluding hydrogens is 222 g/mol. The topological polar surface area (TPSA) is 20.3 Å². The number of nitrogens with zero attached hydrogens (tertiary/aromatic N) is 1. The average molecular weight is 245 g/mol. The van der Waals surface area contributed by atoms with E-state index in [2.05, 4.69) is 11.0 Å². The molecule has 18 heavy (non-hydrogen) atoms. The summed E-state index contributed by atoms with van der Waals surface area (Å²) in [5.74, 6) is 0.264. The van der Waals surface area contributed by atoms with Crippen LogP contribution in [0.5, 0.6) is 0 Å². The van der Waals surface area contributed by atoms with Crippen molar-refractivity contribution in [3.63, 3.8) is 0 Å². The van der Waals surface area contributed by atoms with E-state index < -0.39 is 0 Å². The summed E-state index contributed by atoms with van der Waals surface area (Å²) in [6.07, 6.45) is 5.89. The highest BCUT2D eigenvalue weighted by Crippen LogP contribution is 2.17. The molecular formula is C16H23NO. The van der Waals surface area contributed by atoms with E-state index in [4.69, 9.17) is 0 Å². The van der Waals surface area contributed by atoms with Crippen LogP contribution in [0, 0.1) is 0 Å². The molecule has 0 spiro atoms. The molecule has 1 heterocycles. The summed E-state index contributed by atoms with van der Waals surface area (Å²) in [6, 6.07) is 8.08. The number of carbonyl (C=O) groups excluding carboxylic acids is 1. The van der Waals surface area contributed by atoms with Crippen LogP contribution in [-0.2, 0) is 6.54 Å². The van der Waals surface area contributed by atoms with Crippen molar-refractivity contribution in [2.24, 2.45) is 0 Å². The van der Waals surface area contributed by atoms with E-state index in [1.165, 1.54) is 44.3 Å². The molecule has 0 unspecified atom stereocenters. The fourth-order valence-electron chi connectivity index (χ4n) is 2.66. The van der Waals surface area contributed by atoms with Crippen molar-refractivity contribution in [2.75, 3.05) is 13.1 Å². The van der Waals surface area contributed by atoms with Gasteiger partial charge in [0.2, 0.25) is 0 Å². The Bertz CT molecular complexity index is 392. The summed E-state index contributed by atoms with van der Waals surface area (Å²) >= 11 is 0. The largest absolute Gasteiger partial charge is 0.299 e. The van der Waals surface area contributed by atoms with Gasteiger partial charge < -0.3 is 0 Å². The molecule has 1 saturated heterocycles. The summed E-state index contributed by atoms with van der Waals surface area (Å²) in [7, 11) is 0. The molecule has 0 radical (unpaired) electrons. The van der Waals surface area contributed by atoms with Crippen LogP contribution in [0.15, 0.2) is 24.3 Å². The Labute approximate surface area is 110 Å². The van der Waals surface area contributed by atoms with Gasteiger partial charge >= 0.3 is 0 Å². The molecule has 1 aromatic carbocycles. The van der Waals surface area contributed by atoms with Crippen molar-refractivity contribution in [3.8, 4) is 0 Å². The van der Waals surface area contributed by atoms with Crippen LogP contribution >= 0.6 is 0 Å². The van der Waals surface area contributed by atoms with Crippen molar-refractivity contribution in [3.05, 3.63) is 35.4 Å². The molecule has 0 aromatic heterocycles. The Hall–Kier alpha value is -1.15. The standard InChI is InChI=1S/C16H23NO/c1-2-16(18)15-10-6-5-9-14(15)13-17-11-7-3-4-8-12-17/h5-6,9-10H,2-4,7-8,11-13H2,1H3. The third kappa shape index (κ3) is 3.42. The molecule has 2 rings (SSSR count). The van der Waals surface area contributed by atoms with E-state index in [0.29, 0.717) is 6.42 Å². The molecule has 0 N–H and O–H groups in total. The highest BCUT2D eigenvalue weighted by atomic mass is 16.1. The van der Waals surface area contributed by atoms with E-state index in [-0.39, 0.29) is 5.78 Å². The predicted molar refractivity (Wildman–Crippen MR) is 74.8 cm³/mol. The lowest BCUT2D eigenvalue weighted by molar-refractivity contribution is 0.0986. The SMILES string of the molecule is CCC(=O)c1ccccc1CN1CCCCCC1. The van der Waals surface area contributed by atoms with Gasteiger partial charge in [0.05, 0.1) is 0 Å². The van der Waals surface area contributed by atoms with Crippen LogP contribution in [0.25, 0.3) is 0 Å². The summed E-state index contributed by atoms with van der Waals surface area (Å²) in [6.45, 7) is 5.22. The molecule has 1 fully saturated rings. The fraction of sp³-hybridized carbons (Fsp3) is 0.562. The third-order valence-electron chi connectivity index (χ3n) is 3.73. The normalized spacial score (nSPS) is 17.4. The maximum absolute atomic E-state index is 11.9. The molecule has 98 valence electrons. The van der Waals surface area contributed by atoms with Crippen molar-refractivity contribution in [2.45, 2.75) is 45.6 Å². The predicted octanol–water partition coefficient (Wildman–Crippen LogP) is 3.66. The number of hydrogen-bond donors (Lipinski definition) is 0. The van der Waals surface area contributed by atoms with Crippen LogP contribution in [0.1, 0.15) is 54.9 Å². The van der Waals surface area contributed by atoms with Crippen LogP contribution in [0.2, 0.25) is 0 Å². The first-order valence-electron chi connectivity index (χ1n) is 7.14. The molecule has 0 aliphatic carbocycles. The number of hydrogen-bond acceptors (Lipinski definition) is 2. The molecule has 1 aliphatic rings. The zero-order valence-corrected chi connectivity index (χ0v) is 11.3. The van der Waals surface area contributed by atoms with Gasteiger partial charge in [0.15, 0.2) is 5.78 Å². The Morgan fingerprint density at radius 3 is 2.44 bits per heavy atom. The second-order valence-electron chi connectivity index (χ2n) is 5.12. The van der Waals surface area contributed by atoms with Crippen LogP contribution in [0.3, 0.4) is 0 Å². The van der Waals surface area contributed by atoms with E-state index in [0.717, 1.165) is 12.1 Å². The highest BCUT2D eigenvalue weighted by Gasteiger charge is 2.13. The molecule has 1 aliphatic heterocycles. The summed E-state index contributed by atoms with van der Waals surface area (Å²) < 4.78 is 0. The van der Waals surface area contributed by atoms with Gasteiger partial charge in [0, 0.05) is 18.5 Å². The summed E-state index contributed by atoms with van der Waals surface area (Å²) in [5, 5.41) is 0. The van der Waals surface area contributed by atoms with Crippen LogP contribution in [0.4, 0.5) is 0 Å². The zero-order chi connectivity index (χ0) is 12.8. The van der Waals surface area contributed by atoms with E-state index in [1.54, 1.807) is 0 Å². The molecule has 0 atom stereocenters. The van der Waals surface area contributed by atoms with Crippen LogP contribution < -0.4 is 0 Å². The smallest absolute Gasteiger partial charge is 0.162 e.